The molecular formula is C13H15ClN2O2. The number of rotatable bonds is 2. The van der Waals surface area contributed by atoms with Crippen LogP contribution in [0.3, 0.4) is 0 Å². The Morgan fingerprint density at radius 2 is 2.17 bits per heavy atom. The lowest BCUT2D eigenvalue weighted by atomic mass is 9.66. The van der Waals surface area contributed by atoms with Crippen molar-refractivity contribution in [2.75, 3.05) is 7.11 Å². The smallest absolute Gasteiger partial charge is 0.130 e. The predicted octanol–water partition coefficient (Wildman–Crippen LogP) is 2.22. The average Bonchev–Trinajstić information content (AvgIpc) is 2.73. The van der Waals surface area contributed by atoms with Gasteiger partial charge in [-0.15, -0.1) is 0 Å². The van der Waals surface area contributed by atoms with Crippen molar-refractivity contribution in [3.63, 3.8) is 0 Å². The van der Waals surface area contributed by atoms with Gasteiger partial charge in [-0.25, -0.2) is 4.52 Å². The van der Waals surface area contributed by atoms with Crippen LogP contribution < -0.4 is 0 Å². The number of fused-ring (bicyclic) bond motifs is 1. The molecule has 1 fully saturated rings. The van der Waals surface area contributed by atoms with Crippen molar-refractivity contribution in [3.8, 4) is 0 Å². The molecule has 2 heterocycles. The van der Waals surface area contributed by atoms with Crippen molar-refractivity contribution in [2.24, 2.45) is 0 Å². The van der Waals surface area contributed by atoms with Gasteiger partial charge in [-0.1, -0.05) is 24.1 Å². The standard InChI is InChI=1S/C12H11ClN2O.CH4O/c13-10-6-14-15-7-9(2-3-11(10)15)12(8-16)4-1-5-12;1-2/h2-3,6-8H,1,4-5H2;2H,1H3. The first-order valence-corrected chi connectivity index (χ1v) is 6.17. The average molecular weight is 267 g/mol. The van der Waals surface area contributed by atoms with E-state index in [1.54, 1.807) is 10.7 Å². The number of aliphatic hydroxyl groups is 1. The molecule has 0 bridgehead atoms. The number of pyridine rings is 1. The Hall–Kier alpha value is -1.39. The van der Waals surface area contributed by atoms with E-state index < -0.39 is 0 Å². The molecular weight excluding hydrogens is 252 g/mol. The molecule has 0 radical (unpaired) electrons. The lowest BCUT2D eigenvalue weighted by Crippen LogP contribution is -2.35. The minimum atomic E-state index is -0.271. The second-order valence-corrected chi connectivity index (χ2v) is 4.77. The molecule has 1 N–H and O–H groups in total. The normalized spacial score (nSPS) is 16.6. The van der Waals surface area contributed by atoms with Crippen LogP contribution in [-0.2, 0) is 10.2 Å². The Balaban J connectivity index is 0.000000574. The Morgan fingerprint density at radius 1 is 1.44 bits per heavy atom. The molecule has 96 valence electrons. The highest BCUT2D eigenvalue weighted by Gasteiger charge is 2.38. The summed E-state index contributed by atoms with van der Waals surface area (Å²) in [5.74, 6) is 0. The zero-order valence-corrected chi connectivity index (χ0v) is 10.9. The number of aliphatic hydroxyl groups excluding tert-OH is 1. The molecule has 0 saturated heterocycles. The van der Waals surface area contributed by atoms with E-state index in [0.29, 0.717) is 5.02 Å². The lowest BCUT2D eigenvalue weighted by Gasteiger charge is -2.36. The zero-order chi connectivity index (χ0) is 13.2. The van der Waals surface area contributed by atoms with Crippen LogP contribution in [0.25, 0.3) is 5.52 Å². The molecule has 18 heavy (non-hydrogen) atoms. The molecule has 0 spiro atoms. The summed E-state index contributed by atoms with van der Waals surface area (Å²) in [4.78, 5) is 11.2. The van der Waals surface area contributed by atoms with Gasteiger partial charge >= 0.3 is 0 Å². The third kappa shape index (κ3) is 1.91. The molecule has 0 aromatic carbocycles. The monoisotopic (exact) mass is 266 g/mol. The fourth-order valence-electron chi connectivity index (χ4n) is 2.28. The molecule has 0 amide bonds. The summed E-state index contributed by atoms with van der Waals surface area (Å²) in [7, 11) is 1.00. The van der Waals surface area contributed by atoms with Crippen LogP contribution in [0.15, 0.2) is 24.5 Å². The molecule has 2 aromatic rings. The van der Waals surface area contributed by atoms with E-state index in [2.05, 4.69) is 5.10 Å². The van der Waals surface area contributed by atoms with Crippen LogP contribution in [0, 0.1) is 0 Å². The largest absolute Gasteiger partial charge is 0.400 e. The van der Waals surface area contributed by atoms with Crippen molar-refractivity contribution in [1.29, 1.82) is 0 Å². The summed E-state index contributed by atoms with van der Waals surface area (Å²) in [5, 5.41) is 11.8. The first kappa shape index (κ1) is 13.1. The van der Waals surface area contributed by atoms with E-state index in [9.17, 15) is 4.79 Å². The van der Waals surface area contributed by atoms with Gasteiger partial charge in [0.05, 0.1) is 22.2 Å². The van der Waals surface area contributed by atoms with Gasteiger partial charge in [-0.2, -0.15) is 5.10 Å². The van der Waals surface area contributed by atoms with Crippen LogP contribution in [0.1, 0.15) is 24.8 Å². The Labute approximate surface area is 110 Å². The van der Waals surface area contributed by atoms with Crippen LogP contribution >= 0.6 is 11.6 Å². The lowest BCUT2D eigenvalue weighted by molar-refractivity contribution is -0.115. The summed E-state index contributed by atoms with van der Waals surface area (Å²) in [6.45, 7) is 0. The van der Waals surface area contributed by atoms with Crippen LogP contribution in [-0.4, -0.2) is 28.1 Å². The maximum absolute atomic E-state index is 11.2. The number of hydrogen-bond acceptors (Lipinski definition) is 3. The minimum absolute atomic E-state index is 0.271. The summed E-state index contributed by atoms with van der Waals surface area (Å²) in [6.07, 6.45) is 7.61. The first-order chi connectivity index (χ1) is 8.75. The number of halogens is 1. The van der Waals surface area contributed by atoms with E-state index >= 15 is 0 Å². The summed E-state index contributed by atoms with van der Waals surface area (Å²) < 4.78 is 1.74. The fourth-order valence-corrected chi connectivity index (χ4v) is 2.47. The highest BCUT2D eigenvalue weighted by Crippen LogP contribution is 2.41. The third-order valence-electron chi connectivity index (χ3n) is 3.52. The van der Waals surface area contributed by atoms with E-state index in [4.69, 9.17) is 16.7 Å². The summed E-state index contributed by atoms with van der Waals surface area (Å²) in [5.41, 5.74) is 1.65. The number of nitrogens with zero attached hydrogens (tertiary/aromatic N) is 2. The van der Waals surface area contributed by atoms with Crippen molar-refractivity contribution in [2.45, 2.75) is 24.7 Å². The maximum Gasteiger partial charge on any atom is 0.130 e. The first-order valence-electron chi connectivity index (χ1n) is 5.80. The molecule has 5 heteroatoms. The van der Waals surface area contributed by atoms with Gasteiger partial charge in [-0.05, 0) is 24.5 Å². The van der Waals surface area contributed by atoms with Gasteiger partial charge in [0.2, 0.25) is 0 Å². The summed E-state index contributed by atoms with van der Waals surface area (Å²) >= 11 is 5.97. The van der Waals surface area contributed by atoms with Gasteiger partial charge in [0.1, 0.15) is 6.29 Å². The van der Waals surface area contributed by atoms with Crippen molar-refractivity contribution in [1.82, 2.24) is 9.61 Å². The van der Waals surface area contributed by atoms with Crippen molar-refractivity contribution >= 4 is 23.4 Å². The molecule has 3 rings (SSSR count). The number of aldehydes is 1. The molecule has 1 saturated carbocycles. The van der Waals surface area contributed by atoms with Crippen LogP contribution in [0.2, 0.25) is 5.02 Å². The van der Waals surface area contributed by atoms with Gasteiger partial charge in [-0.3, -0.25) is 0 Å². The topological polar surface area (TPSA) is 54.6 Å². The molecule has 0 atom stereocenters. The van der Waals surface area contributed by atoms with Gasteiger partial charge in [0.15, 0.2) is 0 Å². The number of carbonyl (C=O) groups excluding carboxylic acids is 1. The van der Waals surface area contributed by atoms with Gasteiger partial charge < -0.3 is 9.90 Å². The number of hydrogen-bond donors (Lipinski definition) is 1. The highest BCUT2D eigenvalue weighted by molar-refractivity contribution is 6.33. The second kappa shape index (κ2) is 5.08. The Morgan fingerprint density at radius 3 is 2.72 bits per heavy atom. The molecule has 1 aliphatic rings. The maximum atomic E-state index is 11.2. The van der Waals surface area contributed by atoms with Crippen LogP contribution in [0.4, 0.5) is 0 Å². The SMILES string of the molecule is CO.O=CC1(c2ccc3c(Cl)cnn3c2)CCC1. The number of aromatic nitrogens is 2. The van der Waals surface area contributed by atoms with E-state index in [1.807, 2.05) is 18.3 Å². The van der Waals surface area contributed by atoms with Crippen LogP contribution in [0.5, 0.6) is 0 Å². The van der Waals surface area contributed by atoms with E-state index in [1.165, 1.54) is 0 Å². The molecule has 4 nitrogen and oxygen atoms in total. The van der Waals surface area contributed by atoms with Crippen molar-refractivity contribution in [3.05, 3.63) is 35.1 Å². The van der Waals surface area contributed by atoms with E-state index in [0.717, 1.165) is 43.7 Å². The van der Waals surface area contributed by atoms with Crippen molar-refractivity contribution < 1.29 is 9.90 Å². The summed E-state index contributed by atoms with van der Waals surface area (Å²) in [6, 6.07) is 3.91. The van der Waals surface area contributed by atoms with Gasteiger partial charge in [0.25, 0.3) is 0 Å². The Bertz CT molecular complexity index is 561. The minimum Gasteiger partial charge on any atom is -0.400 e. The quantitative estimate of drug-likeness (QED) is 0.848. The molecule has 1 aliphatic carbocycles. The fraction of sp³-hybridized carbons (Fsp3) is 0.385. The molecule has 0 aliphatic heterocycles. The predicted molar refractivity (Wildman–Crippen MR) is 69.9 cm³/mol. The highest BCUT2D eigenvalue weighted by atomic mass is 35.5. The molecule has 0 unspecified atom stereocenters. The van der Waals surface area contributed by atoms with Gasteiger partial charge in [0, 0.05) is 13.3 Å². The van der Waals surface area contributed by atoms with E-state index in [-0.39, 0.29) is 5.41 Å². The second-order valence-electron chi connectivity index (χ2n) is 4.37. The Kier molecular flexibility index (Phi) is 3.68. The number of carbonyl (C=O) groups is 1. The molecule has 2 aromatic heterocycles. The zero-order valence-electron chi connectivity index (χ0n) is 10.1. The third-order valence-corrected chi connectivity index (χ3v) is 3.81.